The molecule has 0 amide bonds. The van der Waals surface area contributed by atoms with Crippen molar-refractivity contribution in [1.82, 2.24) is 10.3 Å². The molecule has 6 nitrogen and oxygen atoms in total. The molecule has 1 heterocycles. The Morgan fingerprint density at radius 3 is 2.62 bits per heavy atom. The number of H-pyrrole nitrogens is 1. The average molecular weight is 354 g/mol. The van der Waals surface area contributed by atoms with Gasteiger partial charge in [0.2, 0.25) is 0 Å². The van der Waals surface area contributed by atoms with Gasteiger partial charge in [0, 0.05) is 30.1 Å². The number of carboxylic acids is 1. The van der Waals surface area contributed by atoms with E-state index in [0.717, 1.165) is 16.5 Å². The fourth-order valence-corrected chi connectivity index (χ4v) is 2.81. The van der Waals surface area contributed by atoms with E-state index in [1.165, 1.54) is 0 Å². The highest BCUT2D eigenvalue weighted by Gasteiger charge is 2.20. The van der Waals surface area contributed by atoms with Crippen molar-refractivity contribution in [3.05, 3.63) is 66.4 Å². The molecule has 136 valence electrons. The number of aliphatic carboxylic acids is 1. The van der Waals surface area contributed by atoms with Crippen molar-refractivity contribution in [2.45, 2.75) is 18.6 Å². The number of benzene rings is 2. The van der Waals surface area contributed by atoms with Gasteiger partial charge in [0.05, 0.1) is 0 Å². The van der Waals surface area contributed by atoms with Crippen molar-refractivity contribution in [3.8, 4) is 5.75 Å². The maximum atomic E-state index is 11.6. The third kappa shape index (κ3) is 4.62. The Morgan fingerprint density at radius 1 is 1.12 bits per heavy atom. The molecule has 2 atom stereocenters. The number of rotatable bonds is 9. The van der Waals surface area contributed by atoms with Crippen molar-refractivity contribution in [1.29, 1.82) is 0 Å². The lowest BCUT2D eigenvalue weighted by Gasteiger charge is -2.18. The Labute approximate surface area is 151 Å². The lowest BCUT2D eigenvalue weighted by Crippen LogP contribution is -2.43. The SMILES string of the molecule is O=C(O)C(Cc1c[nH]c2ccccc12)NCC(O)COc1ccccc1. The third-order valence-corrected chi connectivity index (χ3v) is 4.18. The van der Waals surface area contributed by atoms with Crippen LogP contribution in [0.3, 0.4) is 0 Å². The molecule has 1 aromatic heterocycles. The summed E-state index contributed by atoms with van der Waals surface area (Å²) in [5, 5.41) is 23.5. The van der Waals surface area contributed by atoms with Gasteiger partial charge in [0.25, 0.3) is 0 Å². The van der Waals surface area contributed by atoms with Gasteiger partial charge in [0.1, 0.15) is 24.5 Å². The maximum Gasteiger partial charge on any atom is 0.321 e. The molecule has 0 bridgehead atoms. The summed E-state index contributed by atoms with van der Waals surface area (Å²) in [5.41, 5.74) is 1.90. The molecule has 2 unspecified atom stereocenters. The molecule has 2 aromatic carbocycles. The number of nitrogens with one attached hydrogen (secondary N) is 2. The first-order valence-corrected chi connectivity index (χ1v) is 8.50. The topological polar surface area (TPSA) is 94.6 Å². The number of hydrogen-bond donors (Lipinski definition) is 4. The predicted octanol–water partition coefficient (Wildman–Crippen LogP) is 2.19. The van der Waals surface area contributed by atoms with Crippen molar-refractivity contribution in [2.24, 2.45) is 0 Å². The summed E-state index contributed by atoms with van der Waals surface area (Å²) in [6.45, 7) is 0.225. The normalized spacial score (nSPS) is 13.4. The highest BCUT2D eigenvalue weighted by atomic mass is 16.5. The summed E-state index contributed by atoms with van der Waals surface area (Å²) in [6, 6.07) is 16.2. The van der Waals surface area contributed by atoms with Gasteiger partial charge in [-0.3, -0.25) is 4.79 Å². The van der Waals surface area contributed by atoms with Gasteiger partial charge in [-0.05, 0) is 23.8 Å². The molecule has 6 heteroatoms. The molecule has 4 N–H and O–H groups in total. The van der Waals surface area contributed by atoms with Gasteiger partial charge in [-0.25, -0.2) is 0 Å². The molecule has 3 rings (SSSR count). The second-order valence-electron chi connectivity index (χ2n) is 6.14. The number of aromatic nitrogens is 1. The number of aliphatic hydroxyl groups excluding tert-OH is 1. The number of fused-ring (bicyclic) bond motifs is 1. The molecule has 0 aliphatic carbocycles. The first-order valence-electron chi connectivity index (χ1n) is 8.50. The summed E-state index contributed by atoms with van der Waals surface area (Å²) < 4.78 is 5.48. The van der Waals surface area contributed by atoms with Crippen molar-refractivity contribution in [2.75, 3.05) is 13.2 Å². The van der Waals surface area contributed by atoms with Gasteiger partial charge < -0.3 is 25.3 Å². The van der Waals surface area contributed by atoms with Gasteiger partial charge in [-0.15, -0.1) is 0 Å². The molecule has 0 radical (unpaired) electrons. The minimum Gasteiger partial charge on any atom is -0.491 e. The Kier molecular flexibility index (Phi) is 5.88. The van der Waals surface area contributed by atoms with E-state index in [-0.39, 0.29) is 13.2 Å². The zero-order valence-corrected chi connectivity index (χ0v) is 14.3. The second kappa shape index (κ2) is 8.51. The zero-order valence-electron chi connectivity index (χ0n) is 14.3. The van der Waals surface area contributed by atoms with Crippen molar-refractivity contribution in [3.63, 3.8) is 0 Å². The maximum absolute atomic E-state index is 11.6. The number of aliphatic hydroxyl groups is 1. The van der Waals surface area contributed by atoms with Crippen LogP contribution in [0.5, 0.6) is 5.75 Å². The quantitative estimate of drug-likeness (QED) is 0.473. The smallest absolute Gasteiger partial charge is 0.321 e. The Balaban J connectivity index is 1.54. The summed E-state index contributed by atoms with van der Waals surface area (Å²) in [7, 11) is 0. The largest absolute Gasteiger partial charge is 0.491 e. The van der Waals surface area contributed by atoms with Gasteiger partial charge in [-0.2, -0.15) is 0 Å². The van der Waals surface area contributed by atoms with Crippen LogP contribution in [0.25, 0.3) is 10.9 Å². The molecule has 0 spiro atoms. The van der Waals surface area contributed by atoms with Gasteiger partial charge >= 0.3 is 5.97 Å². The Hall–Kier alpha value is -2.83. The Bertz CT molecular complexity index is 847. The molecule has 0 aliphatic rings. The monoisotopic (exact) mass is 354 g/mol. The van der Waals surface area contributed by atoms with Crippen LogP contribution in [0, 0.1) is 0 Å². The van der Waals surface area contributed by atoms with Crippen LogP contribution in [0.15, 0.2) is 60.8 Å². The minimum absolute atomic E-state index is 0.0937. The van der Waals surface area contributed by atoms with Crippen LogP contribution < -0.4 is 10.1 Å². The van der Waals surface area contributed by atoms with Crippen LogP contribution in [0.1, 0.15) is 5.56 Å². The lowest BCUT2D eigenvalue weighted by molar-refractivity contribution is -0.139. The summed E-state index contributed by atoms with van der Waals surface area (Å²) in [4.78, 5) is 14.7. The molecule has 3 aromatic rings. The van der Waals surface area contributed by atoms with Crippen molar-refractivity contribution >= 4 is 16.9 Å². The summed E-state index contributed by atoms with van der Waals surface area (Å²) in [5.74, 6) is -0.286. The predicted molar refractivity (Wildman–Crippen MR) is 99.4 cm³/mol. The third-order valence-electron chi connectivity index (χ3n) is 4.18. The number of hydrogen-bond acceptors (Lipinski definition) is 4. The minimum atomic E-state index is -0.952. The number of ether oxygens (including phenoxy) is 1. The second-order valence-corrected chi connectivity index (χ2v) is 6.14. The highest BCUT2D eigenvalue weighted by molar-refractivity contribution is 5.84. The van der Waals surface area contributed by atoms with E-state index in [1.54, 1.807) is 12.1 Å². The number of aromatic amines is 1. The van der Waals surface area contributed by atoms with E-state index in [1.807, 2.05) is 48.7 Å². The molecular formula is C20H22N2O4. The first kappa shape index (κ1) is 18.0. The van der Waals surface area contributed by atoms with Gasteiger partial charge in [-0.1, -0.05) is 36.4 Å². The molecule has 0 aliphatic heterocycles. The molecule has 26 heavy (non-hydrogen) atoms. The van der Waals surface area contributed by atoms with Crippen LogP contribution in [-0.4, -0.2) is 46.5 Å². The van der Waals surface area contributed by atoms with E-state index in [2.05, 4.69) is 10.3 Å². The molecule has 0 saturated heterocycles. The Morgan fingerprint density at radius 2 is 1.85 bits per heavy atom. The standard InChI is InChI=1S/C20H22N2O4/c23-15(13-26-16-6-2-1-3-7-16)12-22-19(20(24)25)10-14-11-21-18-9-5-4-8-17(14)18/h1-9,11,15,19,21-23H,10,12-13H2,(H,24,25). The van der Waals surface area contributed by atoms with Crippen LogP contribution in [-0.2, 0) is 11.2 Å². The van der Waals surface area contributed by atoms with Crippen LogP contribution >= 0.6 is 0 Å². The number of para-hydroxylation sites is 2. The number of carbonyl (C=O) groups is 1. The lowest BCUT2D eigenvalue weighted by atomic mass is 10.0. The van der Waals surface area contributed by atoms with Crippen LogP contribution in [0.4, 0.5) is 0 Å². The fourth-order valence-electron chi connectivity index (χ4n) is 2.81. The highest BCUT2D eigenvalue weighted by Crippen LogP contribution is 2.19. The molecular weight excluding hydrogens is 332 g/mol. The van der Waals surface area contributed by atoms with Crippen molar-refractivity contribution < 1.29 is 19.7 Å². The fraction of sp³-hybridized carbons (Fsp3) is 0.250. The summed E-state index contributed by atoms with van der Waals surface area (Å²) in [6.07, 6.45) is 1.35. The average Bonchev–Trinajstić information content (AvgIpc) is 3.07. The van der Waals surface area contributed by atoms with E-state index in [9.17, 15) is 15.0 Å². The van der Waals surface area contributed by atoms with E-state index in [0.29, 0.717) is 12.2 Å². The molecule has 0 fully saturated rings. The van der Waals surface area contributed by atoms with E-state index in [4.69, 9.17) is 4.74 Å². The number of carboxylic acid groups (broad SMARTS) is 1. The summed E-state index contributed by atoms with van der Waals surface area (Å²) >= 11 is 0. The molecule has 0 saturated carbocycles. The first-order chi connectivity index (χ1) is 12.6. The van der Waals surface area contributed by atoms with E-state index >= 15 is 0 Å². The van der Waals surface area contributed by atoms with Gasteiger partial charge in [0.15, 0.2) is 0 Å². The van der Waals surface area contributed by atoms with E-state index < -0.39 is 18.1 Å². The zero-order chi connectivity index (χ0) is 18.4. The van der Waals surface area contributed by atoms with Crippen LogP contribution in [0.2, 0.25) is 0 Å².